The molecule has 24 heavy (non-hydrogen) atoms. The number of benzene rings is 1. The molecule has 1 amide bonds. The summed E-state index contributed by atoms with van der Waals surface area (Å²) < 4.78 is 11.3. The first-order chi connectivity index (χ1) is 11.2. The van der Waals surface area contributed by atoms with E-state index >= 15 is 0 Å². The summed E-state index contributed by atoms with van der Waals surface area (Å²) in [5, 5.41) is 2.95. The fraction of sp³-hybridized carbons (Fsp3) is 0.611. The van der Waals surface area contributed by atoms with Crippen LogP contribution in [-0.4, -0.2) is 30.8 Å². The average molecular weight is 355 g/mol. The number of hydrogen-bond acceptors (Lipinski definition) is 4. The molecule has 1 saturated carbocycles. The van der Waals surface area contributed by atoms with Gasteiger partial charge in [0.05, 0.1) is 11.6 Å². The topological polar surface area (TPSA) is 73.6 Å². The van der Waals surface area contributed by atoms with Crippen LogP contribution < -0.4 is 15.8 Å². The first-order valence-electron chi connectivity index (χ1n) is 8.60. The Labute approximate surface area is 149 Å². The standard InChI is InChI=1S/C18H26N2O3.ClH/c19-18(9-2-1-3-10-18)17(21)20-14-6-4-7-15(12-14)23-13-16-8-5-11-22-16;/h4,6-7,12,16H,1-3,5,8-11,13,19H2,(H,20,21);1H. The Kier molecular flexibility index (Phi) is 6.90. The Morgan fingerprint density at radius 3 is 2.79 bits per heavy atom. The van der Waals surface area contributed by atoms with Gasteiger partial charge in [-0.25, -0.2) is 0 Å². The van der Waals surface area contributed by atoms with Crippen LogP contribution in [0.5, 0.6) is 5.75 Å². The molecule has 5 nitrogen and oxygen atoms in total. The number of rotatable bonds is 5. The summed E-state index contributed by atoms with van der Waals surface area (Å²) in [6, 6.07) is 7.48. The lowest BCUT2D eigenvalue weighted by Crippen LogP contribution is -2.52. The van der Waals surface area contributed by atoms with Crippen LogP contribution in [0, 0.1) is 0 Å². The Morgan fingerprint density at radius 2 is 2.08 bits per heavy atom. The van der Waals surface area contributed by atoms with Crippen molar-refractivity contribution in [3.8, 4) is 5.75 Å². The van der Waals surface area contributed by atoms with E-state index in [4.69, 9.17) is 15.2 Å². The average Bonchev–Trinajstić information content (AvgIpc) is 3.07. The molecular formula is C18H27ClN2O3. The van der Waals surface area contributed by atoms with E-state index in [0.29, 0.717) is 6.61 Å². The van der Waals surface area contributed by atoms with Crippen molar-refractivity contribution < 1.29 is 14.3 Å². The molecule has 1 saturated heterocycles. The molecule has 134 valence electrons. The minimum absolute atomic E-state index is 0. The van der Waals surface area contributed by atoms with Crippen LogP contribution in [0.2, 0.25) is 0 Å². The third-order valence-electron chi connectivity index (χ3n) is 4.75. The highest BCUT2D eigenvalue weighted by Crippen LogP contribution is 2.28. The molecule has 0 radical (unpaired) electrons. The summed E-state index contributed by atoms with van der Waals surface area (Å²) in [7, 11) is 0. The number of hydrogen-bond donors (Lipinski definition) is 2. The first kappa shape index (κ1) is 19.0. The van der Waals surface area contributed by atoms with Crippen molar-refractivity contribution in [3.05, 3.63) is 24.3 Å². The van der Waals surface area contributed by atoms with Crippen molar-refractivity contribution in [2.75, 3.05) is 18.5 Å². The highest BCUT2D eigenvalue weighted by atomic mass is 35.5. The Bertz CT molecular complexity index is 541. The van der Waals surface area contributed by atoms with E-state index in [-0.39, 0.29) is 24.4 Å². The molecule has 1 heterocycles. The van der Waals surface area contributed by atoms with Gasteiger partial charge in [-0.1, -0.05) is 25.3 Å². The third-order valence-corrected chi connectivity index (χ3v) is 4.75. The molecular weight excluding hydrogens is 328 g/mol. The van der Waals surface area contributed by atoms with Crippen LogP contribution in [0.4, 0.5) is 5.69 Å². The van der Waals surface area contributed by atoms with E-state index in [9.17, 15) is 4.79 Å². The summed E-state index contributed by atoms with van der Waals surface area (Å²) in [5.41, 5.74) is 6.27. The van der Waals surface area contributed by atoms with Gasteiger partial charge >= 0.3 is 0 Å². The second kappa shape index (κ2) is 8.70. The van der Waals surface area contributed by atoms with E-state index in [1.165, 1.54) is 6.42 Å². The molecule has 1 aliphatic carbocycles. The van der Waals surface area contributed by atoms with Gasteiger partial charge in [0.1, 0.15) is 12.4 Å². The maximum Gasteiger partial charge on any atom is 0.244 e. The largest absolute Gasteiger partial charge is 0.491 e. The van der Waals surface area contributed by atoms with E-state index in [2.05, 4.69) is 5.32 Å². The summed E-state index contributed by atoms with van der Waals surface area (Å²) in [4.78, 5) is 12.5. The SMILES string of the molecule is Cl.NC1(C(=O)Nc2cccc(OCC3CCCO3)c2)CCCCC1. The molecule has 3 rings (SSSR count). The number of nitrogens with one attached hydrogen (secondary N) is 1. The lowest BCUT2D eigenvalue weighted by Gasteiger charge is -2.31. The maximum atomic E-state index is 12.5. The highest BCUT2D eigenvalue weighted by Gasteiger charge is 2.35. The maximum absolute atomic E-state index is 12.5. The number of carbonyl (C=O) groups is 1. The molecule has 1 unspecified atom stereocenters. The zero-order chi connectivity index (χ0) is 16.1. The highest BCUT2D eigenvalue weighted by molar-refractivity contribution is 5.98. The monoisotopic (exact) mass is 354 g/mol. The third kappa shape index (κ3) is 4.85. The predicted molar refractivity (Wildman–Crippen MR) is 96.8 cm³/mol. The fourth-order valence-corrected chi connectivity index (χ4v) is 3.29. The van der Waals surface area contributed by atoms with Gasteiger partial charge in [-0.15, -0.1) is 12.4 Å². The summed E-state index contributed by atoms with van der Waals surface area (Å²) in [5.74, 6) is 0.654. The quantitative estimate of drug-likeness (QED) is 0.851. The van der Waals surface area contributed by atoms with Gasteiger partial charge in [0, 0.05) is 18.4 Å². The molecule has 1 aromatic carbocycles. The predicted octanol–water partition coefficient (Wildman–Crippen LogP) is 3.27. The Balaban J connectivity index is 0.00000208. The van der Waals surface area contributed by atoms with Crippen LogP contribution in [0.25, 0.3) is 0 Å². The first-order valence-corrected chi connectivity index (χ1v) is 8.60. The summed E-state index contributed by atoms with van der Waals surface area (Å²) >= 11 is 0. The van der Waals surface area contributed by atoms with Crippen LogP contribution >= 0.6 is 12.4 Å². The van der Waals surface area contributed by atoms with Gasteiger partial charge < -0.3 is 20.5 Å². The lowest BCUT2D eigenvalue weighted by atomic mass is 9.82. The van der Waals surface area contributed by atoms with Crippen molar-refractivity contribution >= 4 is 24.0 Å². The summed E-state index contributed by atoms with van der Waals surface area (Å²) in [6.45, 7) is 1.38. The van der Waals surface area contributed by atoms with E-state index in [1.807, 2.05) is 24.3 Å². The van der Waals surface area contributed by atoms with Gasteiger partial charge in [-0.2, -0.15) is 0 Å². The van der Waals surface area contributed by atoms with Gasteiger partial charge in [0.25, 0.3) is 0 Å². The van der Waals surface area contributed by atoms with Crippen molar-refractivity contribution in [2.45, 2.75) is 56.6 Å². The molecule has 1 atom stereocenters. The second-order valence-electron chi connectivity index (χ2n) is 6.64. The molecule has 2 aliphatic rings. The normalized spacial score (nSPS) is 22.5. The molecule has 3 N–H and O–H groups in total. The van der Waals surface area contributed by atoms with Crippen molar-refractivity contribution in [3.63, 3.8) is 0 Å². The molecule has 1 aliphatic heterocycles. The lowest BCUT2D eigenvalue weighted by molar-refractivity contribution is -0.122. The van der Waals surface area contributed by atoms with E-state index in [0.717, 1.165) is 56.6 Å². The number of ether oxygens (including phenoxy) is 2. The van der Waals surface area contributed by atoms with E-state index < -0.39 is 5.54 Å². The molecule has 6 heteroatoms. The zero-order valence-electron chi connectivity index (χ0n) is 14.0. The number of amides is 1. The smallest absolute Gasteiger partial charge is 0.244 e. The van der Waals surface area contributed by atoms with Gasteiger partial charge in [0.2, 0.25) is 5.91 Å². The van der Waals surface area contributed by atoms with Gasteiger partial charge in [-0.3, -0.25) is 4.79 Å². The second-order valence-corrected chi connectivity index (χ2v) is 6.64. The Morgan fingerprint density at radius 1 is 1.29 bits per heavy atom. The van der Waals surface area contributed by atoms with Crippen LogP contribution in [0.3, 0.4) is 0 Å². The minimum Gasteiger partial charge on any atom is -0.491 e. The molecule has 0 bridgehead atoms. The van der Waals surface area contributed by atoms with E-state index in [1.54, 1.807) is 0 Å². The number of anilines is 1. The molecule has 1 aromatic rings. The fourth-order valence-electron chi connectivity index (χ4n) is 3.29. The number of halogens is 1. The van der Waals surface area contributed by atoms with Crippen molar-refractivity contribution in [2.24, 2.45) is 5.73 Å². The summed E-state index contributed by atoms with van der Waals surface area (Å²) in [6.07, 6.45) is 7.06. The zero-order valence-corrected chi connectivity index (χ0v) is 14.8. The molecule has 2 fully saturated rings. The molecule has 0 spiro atoms. The van der Waals surface area contributed by atoms with Gasteiger partial charge in [0.15, 0.2) is 0 Å². The minimum atomic E-state index is -0.729. The number of carbonyl (C=O) groups excluding carboxylic acids is 1. The van der Waals surface area contributed by atoms with Crippen LogP contribution in [0.1, 0.15) is 44.9 Å². The van der Waals surface area contributed by atoms with Crippen LogP contribution in [0.15, 0.2) is 24.3 Å². The van der Waals surface area contributed by atoms with Gasteiger partial charge in [-0.05, 0) is 37.8 Å². The number of nitrogens with two attached hydrogens (primary N) is 1. The van der Waals surface area contributed by atoms with Crippen LogP contribution in [-0.2, 0) is 9.53 Å². The molecule has 0 aromatic heterocycles. The Hall–Kier alpha value is -1.30. The van der Waals surface area contributed by atoms with Crippen molar-refractivity contribution in [1.29, 1.82) is 0 Å². The van der Waals surface area contributed by atoms with Crippen molar-refractivity contribution in [1.82, 2.24) is 0 Å².